The SMILES string of the molecule is Cc1ccc(N)c(C(=O)OCCS(=O)(=O)C(C)(C)C)c1. The predicted molar refractivity (Wildman–Crippen MR) is 79.4 cm³/mol. The van der Waals surface area contributed by atoms with Crippen LogP contribution in [0.5, 0.6) is 0 Å². The standard InChI is InChI=1S/C14H21NO4S/c1-10-5-6-12(15)11(9-10)13(16)19-7-8-20(17,18)14(2,3)4/h5-6,9H,7-8,15H2,1-4H3. The highest BCUT2D eigenvalue weighted by atomic mass is 32.2. The molecule has 0 aliphatic heterocycles. The van der Waals surface area contributed by atoms with Crippen molar-refractivity contribution >= 4 is 21.5 Å². The monoisotopic (exact) mass is 299 g/mol. The largest absolute Gasteiger partial charge is 0.461 e. The van der Waals surface area contributed by atoms with Crippen LogP contribution in [0.15, 0.2) is 18.2 Å². The molecule has 0 aliphatic carbocycles. The number of carbonyl (C=O) groups excluding carboxylic acids is 1. The number of rotatable bonds is 4. The van der Waals surface area contributed by atoms with Crippen molar-refractivity contribution in [3.05, 3.63) is 29.3 Å². The van der Waals surface area contributed by atoms with Gasteiger partial charge in [0.2, 0.25) is 0 Å². The van der Waals surface area contributed by atoms with E-state index < -0.39 is 20.6 Å². The minimum Gasteiger partial charge on any atom is -0.461 e. The van der Waals surface area contributed by atoms with Crippen LogP contribution in [0.4, 0.5) is 5.69 Å². The minimum absolute atomic E-state index is 0.175. The Bertz CT molecular complexity index is 600. The van der Waals surface area contributed by atoms with E-state index in [0.29, 0.717) is 5.69 Å². The highest BCUT2D eigenvalue weighted by molar-refractivity contribution is 7.92. The third-order valence-corrected chi connectivity index (χ3v) is 5.52. The minimum atomic E-state index is -3.30. The van der Waals surface area contributed by atoms with Crippen LogP contribution in [-0.2, 0) is 14.6 Å². The number of ether oxygens (including phenoxy) is 1. The quantitative estimate of drug-likeness (QED) is 0.678. The summed E-state index contributed by atoms with van der Waals surface area (Å²) in [6, 6.07) is 5.03. The highest BCUT2D eigenvalue weighted by Gasteiger charge is 2.28. The summed E-state index contributed by atoms with van der Waals surface area (Å²) in [6.45, 7) is 6.50. The fourth-order valence-electron chi connectivity index (χ4n) is 1.47. The molecule has 0 aromatic heterocycles. The third-order valence-electron chi connectivity index (χ3n) is 2.95. The molecule has 0 amide bonds. The number of carbonyl (C=O) groups is 1. The molecule has 0 atom stereocenters. The van der Waals surface area contributed by atoms with Gasteiger partial charge in [0.15, 0.2) is 9.84 Å². The number of aryl methyl sites for hydroxylation is 1. The van der Waals surface area contributed by atoms with Crippen LogP contribution in [0.25, 0.3) is 0 Å². The van der Waals surface area contributed by atoms with E-state index in [1.54, 1.807) is 39.0 Å². The fourth-order valence-corrected chi connectivity index (χ4v) is 2.39. The molecule has 6 heteroatoms. The first kappa shape index (κ1) is 16.5. The molecule has 1 aromatic rings. The molecule has 0 fully saturated rings. The molecule has 0 bridgehead atoms. The zero-order valence-corrected chi connectivity index (χ0v) is 13.1. The topological polar surface area (TPSA) is 86.5 Å². The lowest BCUT2D eigenvalue weighted by molar-refractivity contribution is 0.0530. The van der Waals surface area contributed by atoms with Crippen molar-refractivity contribution in [1.82, 2.24) is 0 Å². The molecule has 1 rings (SSSR count). The summed E-state index contributed by atoms with van der Waals surface area (Å²) >= 11 is 0. The van der Waals surface area contributed by atoms with Crippen molar-refractivity contribution in [2.75, 3.05) is 18.1 Å². The van der Waals surface area contributed by atoms with E-state index in [4.69, 9.17) is 10.5 Å². The maximum Gasteiger partial charge on any atom is 0.340 e. The number of sulfone groups is 1. The number of esters is 1. The Labute approximate surface area is 120 Å². The van der Waals surface area contributed by atoms with E-state index in [9.17, 15) is 13.2 Å². The smallest absolute Gasteiger partial charge is 0.340 e. The van der Waals surface area contributed by atoms with E-state index in [1.165, 1.54) is 0 Å². The van der Waals surface area contributed by atoms with Crippen LogP contribution in [0.2, 0.25) is 0 Å². The van der Waals surface area contributed by atoms with Gasteiger partial charge < -0.3 is 10.5 Å². The second kappa shape index (κ2) is 5.83. The van der Waals surface area contributed by atoms with Crippen molar-refractivity contribution in [2.24, 2.45) is 0 Å². The molecular weight excluding hydrogens is 278 g/mol. The predicted octanol–water partition coefficient (Wildman–Crippen LogP) is 1.95. The number of nitrogen functional groups attached to an aromatic ring is 1. The molecule has 0 saturated carbocycles. The van der Waals surface area contributed by atoms with Crippen LogP contribution in [0.3, 0.4) is 0 Å². The first-order valence-electron chi connectivity index (χ1n) is 6.30. The molecule has 5 nitrogen and oxygen atoms in total. The molecular formula is C14H21NO4S. The summed E-state index contributed by atoms with van der Waals surface area (Å²) in [7, 11) is -3.30. The van der Waals surface area contributed by atoms with E-state index >= 15 is 0 Å². The van der Waals surface area contributed by atoms with Crippen molar-refractivity contribution in [3.63, 3.8) is 0 Å². The Morgan fingerprint density at radius 3 is 2.45 bits per heavy atom. The first-order valence-corrected chi connectivity index (χ1v) is 7.95. The molecule has 0 spiro atoms. The normalized spacial score (nSPS) is 12.2. The van der Waals surface area contributed by atoms with Gasteiger partial charge in [-0.05, 0) is 39.8 Å². The van der Waals surface area contributed by atoms with Crippen molar-refractivity contribution in [3.8, 4) is 0 Å². The van der Waals surface area contributed by atoms with Crippen LogP contribution in [0.1, 0.15) is 36.7 Å². The molecule has 0 saturated heterocycles. The lowest BCUT2D eigenvalue weighted by atomic mass is 10.1. The van der Waals surface area contributed by atoms with Crippen LogP contribution < -0.4 is 5.73 Å². The van der Waals surface area contributed by atoms with Crippen LogP contribution in [-0.4, -0.2) is 31.5 Å². The van der Waals surface area contributed by atoms with Gasteiger partial charge in [-0.25, -0.2) is 13.2 Å². The van der Waals surface area contributed by atoms with Gasteiger partial charge >= 0.3 is 5.97 Å². The van der Waals surface area contributed by atoms with Gasteiger partial charge in [0, 0.05) is 5.69 Å². The number of hydrogen-bond acceptors (Lipinski definition) is 5. The molecule has 2 N–H and O–H groups in total. The van der Waals surface area contributed by atoms with Crippen LogP contribution >= 0.6 is 0 Å². The molecule has 0 aliphatic rings. The summed E-state index contributed by atoms with van der Waals surface area (Å²) in [5.74, 6) is -0.802. The first-order chi connectivity index (χ1) is 9.04. The zero-order chi connectivity index (χ0) is 15.6. The summed E-state index contributed by atoms with van der Waals surface area (Å²) in [6.07, 6.45) is 0. The Morgan fingerprint density at radius 2 is 1.90 bits per heavy atom. The van der Waals surface area contributed by atoms with E-state index in [1.807, 2.05) is 6.92 Å². The second-order valence-corrected chi connectivity index (χ2v) is 8.52. The highest BCUT2D eigenvalue weighted by Crippen LogP contribution is 2.17. The summed E-state index contributed by atoms with van der Waals surface area (Å²) in [5.41, 5.74) is 7.16. The van der Waals surface area contributed by atoms with E-state index in [2.05, 4.69) is 0 Å². The molecule has 1 aromatic carbocycles. The van der Waals surface area contributed by atoms with Gasteiger partial charge in [0.05, 0.1) is 16.1 Å². The average molecular weight is 299 g/mol. The third kappa shape index (κ3) is 3.96. The van der Waals surface area contributed by atoms with Crippen molar-refractivity contribution < 1.29 is 17.9 Å². The van der Waals surface area contributed by atoms with E-state index in [0.717, 1.165) is 5.56 Å². The van der Waals surface area contributed by atoms with Crippen molar-refractivity contribution in [2.45, 2.75) is 32.4 Å². The van der Waals surface area contributed by atoms with Gasteiger partial charge in [-0.2, -0.15) is 0 Å². The van der Waals surface area contributed by atoms with Gasteiger partial charge in [-0.15, -0.1) is 0 Å². The zero-order valence-electron chi connectivity index (χ0n) is 12.3. The molecule has 112 valence electrons. The Hall–Kier alpha value is -1.56. The second-order valence-electron chi connectivity index (χ2n) is 5.66. The molecule has 0 heterocycles. The number of nitrogens with two attached hydrogens (primary N) is 1. The van der Waals surface area contributed by atoms with E-state index in [-0.39, 0.29) is 17.9 Å². The van der Waals surface area contributed by atoms with Gasteiger partial charge in [-0.3, -0.25) is 0 Å². The Kier molecular flexibility index (Phi) is 4.81. The lowest BCUT2D eigenvalue weighted by Gasteiger charge is -2.18. The summed E-state index contributed by atoms with van der Waals surface area (Å²) in [5, 5.41) is 0. The van der Waals surface area contributed by atoms with Gasteiger partial charge in [0.1, 0.15) is 6.61 Å². The number of benzene rings is 1. The number of anilines is 1. The molecule has 0 radical (unpaired) electrons. The van der Waals surface area contributed by atoms with Gasteiger partial charge in [0.25, 0.3) is 0 Å². The maximum atomic E-state index is 11.9. The Balaban J connectivity index is 2.68. The van der Waals surface area contributed by atoms with Crippen molar-refractivity contribution in [1.29, 1.82) is 0 Å². The van der Waals surface area contributed by atoms with Gasteiger partial charge in [-0.1, -0.05) is 11.6 Å². The van der Waals surface area contributed by atoms with Crippen LogP contribution in [0, 0.1) is 6.92 Å². The summed E-state index contributed by atoms with van der Waals surface area (Å²) in [4.78, 5) is 11.9. The average Bonchev–Trinajstić information content (AvgIpc) is 2.30. The Morgan fingerprint density at radius 1 is 1.30 bits per heavy atom. The molecule has 20 heavy (non-hydrogen) atoms. The fraction of sp³-hybridized carbons (Fsp3) is 0.500. The number of hydrogen-bond donors (Lipinski definition) is 1. The lowest BCUT2D eigenvalue weighted by Crippen LogP contribution is -2.32. The summed E-state index contributed by atoms with van der Waals surface area (Å²) < 4.78 is 27.9. The molecule has 0 unspecified atom stereocenters. The maximum absolute atomic E-state index is 11.9.